The Morgan fingerprint density at radius 1 is 0.828 bits per heavy atom. The van der Waals surface area contributed by atoms with Gasteiger partial charge < -0.3 is 9.16 Å². The molecular formula is C22H44N2O4Si. The van der Waals surface area contributed by atoms with E-state index in [2.05, 4.69) is 86.4 Å². The van der Waals surface area contributed by atoms with Crippen LogP contribution in [0.25, 0.3) is 0 Å². The molecule has 0 aromatic rings. The van der Waals surface area contributed by atoms with E-state index < -0.39 is 20.5 Å². The number of unbranched alkanes of at least 4 members (excludes halogenated alkanes) is 1. The standard InChI is InChI=1S/C22H44N2O4Si/c1-12-14-15-17(13-2)16-27-18(25)23-24-19(26)28-29(20(3,4)5,21(6,7)8)22(9,10)11/h17H,12-16H2,1-11H3. The monoisotopic (exact) mass is 428 g/mol. The van der Waals surface area contributed by atoms with E-state index in [0.29, 0.717) is 12.5 Å². The second kappa shape index (κ2) is 10.7. The molecule has 0 bridgehead atoms. The van der Waals surface area contributed by atoms with Crippen LogP contribution < -0.4 is 0 Å². The lowest BCUT2D eigenvalue weighted by Crippen LogP contribution is -2.61. The lowest BCUT2D eigenvalue weighted by Gasteiger charge is -2.56. The minimum Gasteiger partial charge on any atom is -0.499 e. The Morgan fingerprint density at radius 3 is 1.66 bits per heavy atom. The highest BCUT2D eigenvalue weighted by molar-refractivity contribution is 6.83. The summed E-state index contributed by atoms with van der Waals surface area (Å²) in [6.07, 6.45) is 2.50. The van der Waals surface area contributed by atoms with Crippen molar-refractivity contribution in [3.8, 4) is 0 Å². The van der Waals surface area contributed by atoms with E-state index in [0.717, 1.165) is 25.7 Å². The molecule has 1 unspecified atom stereocenters. The van der Waals surface area contributed by atoms with Crippen LogP contribution in [-0.4, -0.2) is 27.1 Å². The summed E-state index contributed by atoms with van der Waals surface area (Å²) in [6.45, 7) is 23.5. The van der Waals surface area contributed by atoms with E-state index in [1.807, 2.05) is 0 Å². The summed E-state index contributed by atoms with van der Waals surface area (Å²) in [6, 6.07) is 0. The number of ether oxygens (including phenoxy) is 1. The fourth-order valence-electron chi connectivity index (χ4n) is 5.18. The molecule has 2 amide bonds. The van der Waals surface area contributed by atoms with Crippen molar-refractivity contribution in [1.29, 1.82) is 0 Å². The Kier molecular flexibility index (Phi) is 10.2. The van der Waals surface area contributed by atoms with E-state index in [9.17, 15) is 9.59 Å². The normalized spacial score (nSPS) is 14.7. The Labute approximate surface area is 179 Å². The zero-order valence-electron chi connectivity index (χ0n) is 20.6. The first-order chi connectivity index (χ1) is 13.0. The molecule has 0 radical (unpaired) electrons. The SMILES string of the molecule is CCCCC(CC)COC(=O)N=NC(=O)O[Si](C(C)(C)C)(C(C)(C)C)C(C)(C)C. The van der Waals surface area contributed by atoms with Crippen LogP contribution in [0.3, 0.4) is 0 Å². The number of carbonyl (C=O) groups is 2. The maximum Gasteiger partial charge on any atom is 0.452 e. The predicted octanol–water partition coefficient (Wildman–Crippen LogP) is 8.27. The van der Waals surface area contributed by atoms with Gasteiger partial charge in [0.2, 0.25) is 0 Å². The molecule has 6 nitrogen and oxygen atoms in total. The van der Waals surface area contributed by atoms with Crippen LogP contribution in [0.15, 0.2) is 10.2 Å². The molecule has 0 aromatic carbocycles. The average Bonchev–Trinajstić information content (AvgIpc) is 2.54. The van der Waals surface area contributed by atoms with Crippen molar-refractivity contribution in [2.24, 2.45) is 16.1 Å². The van der Waals surface area contributed by atoms with Gasteiger partial charge in [0.15, 0.2) is 0 Å². The van der Waals surface area contributed by atoms with Crippen LogP contribution in [0.1, 0.15) is 102 Å². The quantitative estimate of drug-likeness (QED) is 0.302. The van der Waals surface area contributed by atoms with E-state index in [1.54, 1.807) is 0 Å². The molecule has 170 valence electrons. The third-order valence-corrected chi connectivity index (χ3v) is 12.4. The van der Waals surface area contributed by atoms with Crippen molar-refractivity contribution >= 4 is 20.5 Å². The number of nitrogens with zero attached hydrogens (tertiary/aromatic N) is 2. The molecule has 1 atom stereocenters. The summed E-state index contributed by atoms with van der Waals surface area (Å²) in [7, 11) is -2.75. The molecule has 0 aliphatic rings. The van der Waals surface area contributed by atoms with Gasteiger partial charge in [-0.3, -0.25) is 0 Å². The predicted molar refractivity (Wildman–Crippen MR) is 121 cm³/mol. The fraction of sp³-hybridized carbons (Fsp3) is 0.909. The lowest BCUT2D eigenvalue weighted by molar-refractivity contribution is 0.130. The third kappa shape index (κ3) is 7.50. The Hall–Kier alpha value is -1.24. The lowest BCUT2D eigenvalue weighted by atomic mass is 10.0. The van der Waals surface area contributed by atoms with Gasteiger partial charge in [0.05, 0.1) is 6.61 Å². The minimum absolute atomic E-state index is 0.233. The molecule has 0 N–H and O–H groups in total. The molecule has 29 heavy (non-hydrogen) atoms. The molecule has 0 aromatic heterocycles. The maximum atomic E-state index is 12.6. The number of rotatable bonds is 7. The van der Waals surface area contributed by atoms with Gasteiger partial charge >= 0.3 is 12.2 Å². The topological polar surface area (TPSA) is 77.3 Å². The summed E-state index contributed by atoms with van der Waals surface area (Å²) in [4.78, 5) is 24.5. The summed E-state index contributed by atoms with van der Waals surface area (Å²) >= 11 is 0. The Bertz CT molecular complexity index is 533. The number of azo groups is 1. The van der Waals surface area contributed by atoms with Crippen LogP contribution in [0, 0.1) is 5.92 Å². The van der Waals surface area contributed by atoms with Crippen molar-refractivity contribution in [2.75, 3.05) is 6.61 Å². The van der Waals surface area contributed by atoms with E-state index >= 15 is 0 Å². The molecule has 0 heterocycles. The van der Waals surface area contributed by atoms with Crippen LogP contribution >= 0.6 is 0 Å². The average molecular weight is 429 g/mol. The molecule has 0 aliphatic heterocycles. The summed E-state index contributed by atoms with van der Waals surface area (Å²) in [5, 5.41) is 6.29. The highest BCUT2D eigenvalue weighted by atomic mass is 28.4. The van der Waals surface area contributed by atoms with Gasteiger partial charge in [0.1, 0.15) is 0 Å². The van der Waals surface area contributed by atoms with E-state index in [4.69, 9.17) is 9.16 Å². The highest BCUT2D eigenvalue weighted by Crippen LogP contribution is 2.62. The van der Waals surface area contributed by atoms with Gasteiger partial charge in [0.25, 0.3) is 8.32 Å². The van der Waals surface area contributed by atoms with Crippen LogP contribution in [-0.2, 0) is 9.16 Å². The number of hydrogen-bond acceptors (Lipinski definition) is 4. The molecule has 0 rings (SSSR count). The first kappa shape index (κ1) is 27.8. The molecule has 0 saturated heterocycles. The molecule has 0 spiro atoms. The van der Waals surface area contributed by atoms with Crippen molar-refractivity contribution < 1.29 is 18.8 Å². The summed E-state index contributed by atoms with van der Waals surface area (Å²) in [5.74, 6) is 0.309. The smallest absolute Gasteiger partial charge is 0.452 e. The Morgan fingerprint density at radius 2 is 1.28 bits per heavy atom. The number of hydrogen-bond donors (Lipinski definition) is 0. The van der Waals surface area contributed by atoms with Crippen LogP contribution in [0.4, 0.5) is 9.59 Å². The highest BCUT2D eigenvalue weighted by Gasteiger charge is 2.64. The van der Waals surface area contributed by atoms with Gasteiger partial charge in [-0.15, -0.1) is 0 Å². The third-order valence-electron chi connectivity index (χ3n) is 5.61. The van der Waals surface area contributed by atoms with E-state index in [1.165, 1.54) is 0 Å². The van der Waals surface area contributed by atoms with Crippen molar-refractivity contribution in [2.45, 2.75) is 117 Å². The summed E-state index contributed by atoms with van der Waals surface area (Å²) < 4.78 is 11.3. The van der Waals surface area contributed by atoms with Gasteiger partial charge in [0, 0.05) is 0 Å². The summed E-state index contributed by atoms with van der Waals surface area (Å²) in [5.41, 5.74) is 0. The van der Waals surface area contributed by atoms with Gasteiger partial charge in [-0.1, -0.05) is 106 Å². The first-order valence-corrected chi connectivity index (χ1v) is 12.8. The maximum absolute atomic E-state index is 12.6. The molecule has 0 saturated carbocycles. The molecule has 7 heteroatoms. The zero-order chi connectivity index (χ0) is 23.1. The van der Waals surface area contributed by atoms with Gasteiger partial charge in [-0.2, -0.15) is 0 Å². The van der Waals surface area contributed by atoms with Crippen LogP contribution in [0.5, 0.6) is 0 Å². The largest absolute Gasteiger partial charge is 0.499 e. The fourth-order valence-corrected chi connectivity index (χ4v) is 13.2. The second-order valence-corrected chi connectivity index (χ2v) is 17.1. The zero-order valence-corrected chi connectivity index (χ0v) is 21.6. The van der Waals surface area contributed by atoms with Gasteiger partial charge in [-0.05, 0) is 27.5 Å². The first-order valence-electron chi connectivity index (χ1n) is 10.8. The van der Waals surface area contributed by atoms with Crippen LogP contribution in [0.2, 0.25) is 15.1 Å². The number of carbonyl (C=O) groups excluding carboxylic acids is 2. The van der Waals surface area contributed by atoms with Crippen molar-refractivity contribution in [1.82, 2.24) is 0 Å². The molecule has 0 fully saturated rings. The Balaban J connectivity index is 5.29. The van der Waals surface area contributed by atoms with Gasteiger partial charge in [-0.25, -0.2) is 9.59 Å². The molecular weight excluding hydrogens is 384 g/mol. The molecule has 0 aliphatic carbocycles. The number of amides is 2. The van der Waals surface area contributed by atoms with Crippen molar-refractivity contribution in [3.05, 3.63) is 0 Å². The second-order valence-electron chi connectivity index (χ2n) is 11.0. The van der Waals surface area contributed by atoms with Crippen molar-refractivity contribution in [3.63, 3.8) is 0 Å². The minimum atomic E-state index is -2.75. The van der Waals surface area contributed by atoms with E-state index in [-0.39, 0.29) is 15.1 Å².